The molecule has 0 saturated heterocycles. The average molecular weight is 233 g/mol. The van der Waals surface area contributed by atoms with Crippen LogP contribution in [0, 0.1) is 18.3 Å². The van der Waals surface area contributed by atoms with Crippen LogP contribution in [0.15, 0.2) is 11.6 Å². The summed E-state index contributed by atoms with van der Waals surface area (Å²) in [7, 11) is 1.89. The molecule has 0 aliphatic carbocycles. The third-order valence-electron chi connectivity index (χ3n) is 2.54. The van der Waals surface area contributed by atoms with E-state index in [0.717, 1.165) is 16.4 Å². The van der Waals surface area contributed by atoms with Crippen molar-refractivity contribution < 1.29 is 0 Å². The summed E-state index contributed by atoms with van der Waals surface area (Å²) in [6.45, 7) is 2.66. The van der Waals surface area contributed by atoms with E-state index in [0.29, 0.717) is 12.2 Å². The lowest BCUT2D eigenvalue weighted by atomic mass is 10.2. The van der Waals surface area contributed by atoms with Gasteiger partial charge >= 0.3 is 0 Å². The average Bonchev–Trinajstić information content (AvgIpc) is 2.88. The van der Waals surface area contributed by atoms with E-state index >= 15 is 0 Å². The summed E-state index contributed by atoms with van der Waals surface area (Å²) in [5.74, 6) is 0. The molecule has 1 N–H and O–H groups in total. The van der Waals surface area contributed by atoms with Crippen LogP contribution < -0.4 is 5.32 Å². The minimum absolute atomic E-state index is 0.663. The molecule has 0 aromatic carbocycles. The first-order valence-electron chi connectivity index (χ1n) is 4.77. The molecule has 0 bridgehead atoms. The molecule has 16 heavy (non-hydrogen) atoms. The highest BCUT2D eigenvalue weighted by atomic mass is 32.1. The second kappa shape index (κ2) is 4.33. The fourth-order valence-corrected chi connectivity index (χ4v) is 1.91. The zero-order valence-electron chi connectivity index (χ0n) is 9.06. The molecule has 0 aliphatic rings. The normalized spacial score (nSPS) is 10.1. The molecule has 5 nitrogen and oxygen atoms in total. The van der Waals surface area contributed by atoms with E-state index in [1.54, 1.807) is 5.51 Å². The van der Waals surface area contributed by atoms with E-state index in [9.17, 15) is 0 Å². The molecular formula is C10H11N5S. The monoisotopic (exact) mass is 233 g/mol. The lowest BCUT2D eigenvalue weighted by molar-refractivity contribution is 0.856. The maximum absolute atomic E-state index is 8.90. The van der Waals surface area contributed by atoms with Crippen LogP contribution in [0.3, 0.4) is 0 Å². The lowest BCUT2D eigenvalue weighted by Crippen LogP contribution is -2.01. The Balaban J connectivity index is 2.14. The van der Waals surface area contributed by atoms with Crippen LogP contribution in [-0.2, 0) is 13.6 Å². The Morgan fingerprint density at radius 1 is 1.62 bits per heavy atom. The van der Waals surface area contributed by atoms with Gasteiger partial charge in [0.1, 0.15) is 17.3 Å². The quantitative estimate of drug-likeness (QED) is 0.875. The van der Waals surface area contributed by atoms with Crippen molar-refractivity contribution in [2.24, 2.45) is 7.05 Å². The summed E-state index contributed by atoms with van der Waals surface area (Å²) in [6, 6.07) is 4.05. The van der Waals surface area contributed by atoms with Crippen LogP contribution in [0.1, 0.15) is 17.0 Å². The minimum atomic E-state index is 0.663. The van der Waals surface area contributed by atoms with Crippen molar-refractivity contribution in [2.75, 3.05) is 5.32 Å². The number of hydrogen-bond donors (Lipinski definition) is 1. The zero-order valence-corrected chi connectivity index (χ0v) is 9.88. The van der Waals surface area contributed by atoms with Crippen LogP contribution in [0.25, 0.3) is 0 Å². The topological polar surface area (TPSA) is 66.5 Å². The SMILES string of the molecule is Cc1c(CNc2nncs2)cc(C#N)n1C. The molecule has 0 amide bonds. The largest absolute Gasteiger partial charge is 0.356 e. The molecule has 2 aromatic rings. The maximum Gasteiger partial charge on any atom is 0.205 e. The Bertz CT molecular complexity index is 520. The molecule has 0 aliphatic heterocycles. The molecule has 0 unspecified atom stereocenters. The van der Waals surface area contributed by atoms with Gasteiger partial charge in [-0.1, -0.05) is 11.3 Å². The smallest absolute Gasteiger partial charge is 0.205 e. The number of aromatic nitrogens is 3. The molecule has 6 heteroatoms. The number of rotatable bonds is 3. The molecule has 0 fully saturated rings. The van der Waals surface area contributed by atoms with E-state index in [4.69, 9.17) is 5.26 Å². The van der Waals surface area contributed by atoms with E-state index in [1.807, 2.05) is 24.6 Å². The Kier molecular flexibility index (Phi) is 2.88. The highest BCUT2D eigenvalue weighted by Gasteiger charge is 2.08. The number of nitrogens with zero attached hydrogens (tertiary/aromatic N) is 4. The van der Waals surface area contributed by atoms with Gasteiger partial charge in [0.2, 0.25) is 5.13 Å². The standard InChI is InChI=1S/C10H11N5S/c1-7-8(3-9(4-11)15(7)2)5-12-10-14-13-6-16-10/h3,6H,5H2,1-2H3,(H,12,14). The summed E-state index contributed by atoms with van der Waals surface area (Å²) < 4.78 is 1.89. The summed E-state index contributed by atoms with van der Waals surface area (Å²) in [4.78, 5) is 0. The predicted octanol–water partition coefficient (Wildman–Crippen LogP) is 1.67. The molecule has 0 radical (unpaired) electrons. The predicted molar refractivity (Wildman–Crippen MR) is 62.1 cm³/mol. The van der Waals surface area contributed by atoms with Gasteiger partial charge in [-0.25, -0.2) is 0 Å². The summed E-state index contributed by atoms with van der Waals surface area (Å²) in [5.41, 5.74) is 4.55. The molecular weight excluding hydrogens is 222 g/mol. The van der Waals surface area contributed by atoms with Gasteiger partial charge in [-0.05, 0) is 18.6 Å². The van der Waals surface area contributed by atoms with Gasteiger partial charge in [-0.3, -0.25) is 0 Å². The number of nitrogens with one attached hydrogen (secondary N) is 1. The van der Waals surface area contributed by atoms with Gasteiger partial charge < -0.3 is 9.88 Å². The Hall–Kier alpha value is -1.87. The highest BCUT2D eigenvalue weighted by Crippen LogP contribution is 2.16. The molecule has 0 spiro atoms. The first-order valence-corrected chi connectivity index (χ1v) is 5.65. The third-order valence-corrected chi connectivity index (χ3v) is 3.19. The van der Waals surface area contributed by atoms with Crippen LogP contribution in [0.2, 0.25) is 0 Å². The van der Waals surface area contributed by atoms with E-state index in [1.165, 1.54) is 11.3 Å². The van der Waals surface area contributed by atoms with Gasteiger partial charge in [0, 0.05) is 19.3 Å². The van der Waals surface area contributed by atoms with Crippen molar-refractivity contribution in [3.05, 3.63) is 28.5 Å². The number of hydrogen-bond acceptors (Lipinski definition) is 5. The first-order chi connectivity index (χ1) is 7.72. The van der Waals surface area contributed by atoms with Crippen LogP contribution in [-0.4, -0.2) is 14.8 Å². The third kappa shape index (κ3) is 1.90. The zero-order chi connectivity index (χ0) is 11.5. The number of nitriles is 1. The lowest BCUT2D eigenvalue weighted by Gasteiger charge is -2.02. The molecule has 82 valence electrons. The van der Waals surface area contributed by atoms with Crippen molar-refractivity contribution >= 4 is 16.5 Å². The van der Waals surface area contributed by atoms with Crippen molar-refractivity contribution in [3.8, 4) is 6.07 Å². The van der Waals surface area contributed by atoms with Gasteiger partial charge in [0.05, 0.1) is 0 Å². The fourth-order valence-electron chi connectivity index (χ4n) is 1.47. The van der Waals surface area contributed by atoms with Crippen molar-refractivity contribution in [1.29, 1.82) is 5.26 Å². The summed E-state index contributed by atoms with van der Waals surface area (Å²) in [5, 5.41) is 20.5. The molecule has 2 rings (SSSR count). The second-order valence-corrected chi connectivity index (χ2v) is 4.24. The molecule has 0 saturated carbocycles. The van der Waals surface area contributed by atoms with Gasteiger partial charge in [-0.2, -0.15) is 5.26 Å². The summed E-state index contributed by atoms with van der Waals surface area (Å²) >= 11 is 1.46. The van der Waals surface area contributed by atoms with Crippen LogP contribution in [0.4, 0.5) is 5.13 Å². The van der Waals surface area contributed by atoms with Crippen molar-refractivity contribution in [2.45, 2.75) is 13.5 Å². The number of anilines is 1. The summed E-state index contributed by atoms with van der Waals surface area (Å²) in [6.07, 6.45) is 0. The van der Waals surface area contributed by atoms with Crippen LogP contribution >= 0.6 is 11.3 Å². The van der Waals surface area contributed by atoms with E-state index < -0.39 is 0 Å². The van der Waals surface area contributed by atoms with E-state index in [-0.39, 0.29) is 0 Å². The maximum atomic E-state index is 8.90. The Morgan fingerprint density at radius 3 is 3.00 bits per heavy atom. The highest BCUT2D eigenvalue weighted by molar-refractivity contribution is 7.13. The molecule has 2 heterocycles. The Labute approximate surface area is 97.4 Å². The molecule has 0 atom stereocenters. The Morgan fingerprint density at radius 2 is 2.44 bits per heavy atom. The van der Waals surface area contributed by atoms with Gasteiger partial charge in [-0.15, -0.1) is 10.2 Å². The van der Waals surface area contributed by atoms with Gasteiger partial charge in [0.15, 0.2) is 0 Å². The molecule has 2 aromatic heterocycles. The van der Waals surface area contributed by atoms with Crippen molar-refractivity contribution in [3.63, 3.8) is 0 Å². The second-order valence-electron chi connectivity index (χ2n) is 3.41. The van der Waals surface area contributed by atoms with Gasteiger partial charge in [0.25, 0.3) is 0 Å². The minimum Gasteiger partial charge on any atom is -0.356 e. The first kappa shape index (κ1) is 10.6. The van der Waals surface area contributed by atoms with Crippen LogP contribution in [0.5, 0.6) is 0 Å². The van der Waals surface area contributed by atoms with Crippen molar-refractivity contribution in [1.82, 2.24) is 14.8 Å². The fraction of sp³-hybridized carbons (Fsp3) is 0.300. The van der Waals surface area contributed by atoms with E-state index in [2.05, 4.69) is 21.6 Å².